The number of carbonyl (C=O) groups excluding carboxylic acids is 2. The number of amides is 2. The Morgan fingerprint density at radius 1 is 0.962 bits per heavy atom. The minimum atomic E-state index is -1.86. The molecule has 0 spiro atoms. The van der Waals surface area contributed by atoms with Crippen LogP contribution in [-0.4, -0.2) is 37.3 Å². The maximum Gasteiger partial charge on any atom is 0.235 e. The second-order valence-corrected chi connectivity index (χ2v) is 10.6. The van der Waals surface area contributed by atoms with E-state index < -0.39 is 37.7 Å². The maximum absolute atomic E-state index is 13.1. The van der Waals surface area contributed by atoms with Crippen molar-refractivity contribution in [2.45, 2.75) is 53.6 Å². The Hall–Kier alpha value is 0.620. The Labute approximate surface area is 183 Å². The van der Waals surface area contributed by atoms with Crippen LogP contribution in [0.3, 0.4) is 0 Å². The van der Waals surface area contributed by atoms with Crippen molar-refractivity contribution in [1.82, 2.24) is 4.90 Å². The highest BCUT2D eigenvalue weighted by molar-refractivity contribution is 6.66. The molecule has 2 bridgehead atoms. The maximum atomic E-state index is 13.1. The molecule has 0 aromatic heterocycles. The van der Waals surface area contributed by atoms with Crippen molar-refractivity contribution in [3.8, 4) is 0 Å². The van der Waals surface area contributed by atoms with Crippen LogP contribution < -0.4 is 0 Å². The Balaban J connectivity index is 1.98. The zero-order valence-corrected chi connectivity index (χ0v) is 18.8. The Bertz CT molecular complexity index is 649. The molecule has 0 radical (unpaired) electrons. The molecule has 0 unspecified atom stereocenters. The number of unbranched alkanes of at least 4 members (excludes halogenated alkanes) is 1. The number of allylic oxidation sites excluding steroid dienone is 2. The zero-order chi connectivity index (χ0) is 19.7. The van der Waals surface area contributed by atoms with Crippen LogP contribution in [0.15, 0.2) is 10.1 Å². The van der Waals surface area contributed by atoms with E-state index in [4.69, 9.17) is 69.6 Å². The summed E-state index contributed by atoms with van der Waals surface area (Å²) in [6.45, 7) is 4.47. The number of fused-ring (bicyclic) bond motifs is 5. The summed E-state index contributed by atoms with van der Waals surface area (Å²) in [5.74, 6) is -2.70. The molecule has 1 saturated carbocycles. The van der Waals surface area contributed by atoms with E-state index >= 15 is 0 Å². The van der Waals surface area contributed by atoms with Gasteiger partial charge in [0, 0.05) is 6.54 Å². The van der Waals surface area contributed by atoms with Crippen molar-refractivity contribution >= 4 is 81.4 Å². The molecule has 2 amide bonds. The lowest BCUT2D eigenvalue weighted by molar-refractivity contribution is -0.141. The van der Waals surface area contributed by atoms with Gasteiger partial charge in [0.1, 0.15) is 9.75 Å². The van der Waals surface area contributed by atoms with E-state index in [1.54, 1.807) is 0 Å². The predicted molar refractivity (Wildman–Crippen MR) is 107 cm³/mol. The summed E-state index contributed by atoms with van der Waals surface area (Å²) in [7, 11) is 0. The lowest BCUT2D eigenvalue weighted by atomic mass is 9.84. The number of rotatable bonds is 6. The van der Waals surface area contributed by atoms with E-state index in [0.29, 0.717) is 6.54 Å². The van der Waals surface area contributed by atoms with Crippen LogP contribution in [0.25, 0.3) is 0 Å². The summed E-state index contributed by atoms with van der Waals surface area (Å²) in [4.78, 5) is 24.1. The fraction of sp³-hybridized carbons (Fsp3) is 0.765. The molecule has 26 heavy (non-hydrogen) atoms. The van der Waals surface area contributed by atoms with Crippen molar-refractivity contribution in [3.05, 3.63) is 10.1 Å². The number of hydrogen-bond donors (Lipinski definition) is 0. The highest BCUT2D eigenvalue weighted by Gasteiger charge is 2.87. The molecule has 1 saturated heterocycles. The van der Waals surface area contributed by atoms with Crippen LogP contribution >= 0.6 is 69.6 Å². The first-order valence-corrected chi connectivity index (χ1v) is 11.0. The van der Waals surface area contributed by atoms with Crippen LogP contribution in [0.4, 0.5) is 0 Å². The van der Waals surface area contributed by atoms with Crippen LogP contribution in [0.2, 0.25) is 0 Å². The van der Waals surface area contributed by atoms with Crippen molar-refractivity contribution in [2.24, 2.45) is 17.8 Å². The van der Waals surface area contributed by atoms with Gasteiger partial charge in [-0.2, -0.15) is 0 Å². The second-order valence-electron chi connectivity index (χ2n) is 7.28. The van der Waals surface area contributed by atoms with Crippen LogP contribution in [0.1, 0.15) is 39.5 Å². The number of nitrogens with zero attached hydrogens (tertiary/aromatic N) is 1. The summed E-state index contributed by atoms with van der Waals surface area (Å²) in [6.07, 6.45) is 3.88. The number of carbonyl (C=O) groups is 2. The molecule has 0 N–H and O–H groups in total. The fourth-order valence-electron chi connectivity index (χ4n) is 4.41. The molecule has 3 aliphatic rings. The monoisotopic (exact) mass is 479 g/mol. The predicted octanol–water partition coefficient (Wildman–Crippen LogP) is 5.65. The molecule has 1 aliphatic heterocycles. The van der Waals surface area contributed by atoms with Crippen molar-refractivity contribution < 1.29 is 9.59 Å². The van der Waals surface area contributed by atoms with Gasteiger partial charge in [-0.1, -0.05) is 79.5 Å². The summed E-state index contributed by atoms with van der Waals surface area (Å²) >= 11 is 38.8. The van der Waals surface area contributed by atoms with Crippen molar-refractivity contribution in [3.63, 3.8) is 0 Å². The average molecular weight is 482 g/mol. The minimum Gasteiger partial charge on any atom is -0.282 e. The highest BCUT2D eigenvalue weighted by atomic mass is 35.5. The average Bonchev–Trinajstić information content (AvgIpc) is 2.97. The van der Waals surface area contributed by atoms with E-state index in [1.165, 1.54) is 4.90 Å². The summed E-state index contributed by atoms with van der Waals surface area (Å²) in [5.41, 5.74) is 0. The smallest absolute Gasteiger partial charge is 0.235 e. The number of hydrogen-bond acceptors (Lipinski definition) is 2. The van der Waals surface area contributed by atoms with E-state index in [9.17, 15) is 9.59 Å². The van der Waals surface area contributed by atoms with Crippen LogP contribution in [-0.2, 0) is 9.59 Å². The molecular weight excluding hydrogens is 463 g/mol. The molecule has 2 aliphatic carbocycles. The third-order valence-electron chi connectivity index (χ3n) is 5.98. The summed E-state index contributed by atoms with van der Waals surface area (Å²) in [6, 6.07) is 0. The zero-order valence-electron chi connectivity index (χ0n) is 14.3. The number of imide groups is 1. The minimum absolute atomic E-state index is 0.0527. The van der Waals surface area contributed by atoms with Gasteiger partial charge in [0.25, 0.3) is 0 Å². The van der Waals surface area contributed by atoms with E-state index in [0.717, 1.165) is 25.7 Å². The molecule has 2 fully saturated rings. The van der Waals surface area contributed by atoms with Crippen molar-refractivity contribution in [1.29, 1.82) is 0 Å². The highest BCUT2D eigenvalue weighted by Crippen LogP contribution is 2.77. The van der Waals surface area contributed by atoms with Crippen LogP contribution in [0.5, 0.6) is 0 Å². The second kappa shape index (κ2) is 6.85. The van der Waals surface area contributed by atoms with Gasteiger partial charge in [-0.05, 0) is 12.3 Å². The number of halogens is 6. The molecule has 146 valence electrons. The van der Waals surface area contributed by atoms with Gasteiger partial charge in [-0.25, -0.2) is 0 Å². The molecule has 9 heteroatoms. The Kier molecular flexibility index (Phi) is 5.62. The third-order valence-corrected chi connectivity index (χ3v) is 10.2. The molecule has 3 nitrogen and oxygen atoms in total. The molecule has 5 atom stereocenters. The molecule has 0 aromatic rings. The van der Waals surface area contributed by atoms with Gasteiger partial charge in [-0.15, -0.1) is 23.2 Å². The number of likely N-dealkylation sites (tertiary alicyclic amines) is 1. The number of alkyl halides is 4. The van der Waals surface area contributed by atoms with Crippen molar-refractivity contribution in [2.75, 3.05) is 6.54 Å². The normalized spacial score (nSPS) is 39.2. The van der Waals surface area contributed by atoms with Crippen LogP contribution in [0, 0.1) is 17.8 Å². The van der Waals surface area contributed by atoms with E-state index in [2.05, 4.69) is 6.92 Å². The summed E-state index contributed by atoms with van der Waals surface area (Å²) in [5, 5.41) is -0.105. The lowest BCUT2D eigenvalue weighted by Crippen LogP contribution is -2.50. The van der Waals surface area contributed by atoms with E-state index in [1.807, 2.05) is 6.92 Å². The third kappa shape index (κ3) is 2.34. The summed E-state index contributed by atoms with van der Waals surface area (Å²) < 4.78 is -1.86. The standard InChI is InChI=1S/C17H19Cl6NO2/c1-3-5-6-8(4-2)7-24-13(25)9-10(14(24)26)16(21)12(19)11(18)15(9,20)17(16,22)23/h8-10H,3-7H2,1-2H3/t8-,9-,10+,15+,16+/m1/s1. The van der Waals surface area contributed by atoms with Gasteiger partial charge < -0.3 is 0 Å². The quantitative estimate of drug-likeness (QED) is 0.363. The SMILES string of the molecule is CCCC[C@@H](CC)CN1C(=O)[C@@H]2[C@H](C1=O)[C@]1(Cl)C(Cl)=C(Cl)[C@]2(Cl)C1(Cl)Cl. The first-order valence-electron chi connectivity index (χ1n) is 8.68. The topological polar surface area (TPSA) is 37.4 Å². The molecule has 3 rings (SSSR count). The Morgan fingerprint density at radius 2 is 1.42 bits per heavy atom. The molecular formula is C17H19Cl6NO2. The molecule has 1 heterocycles. The largest absolute Gasteiger partial charge is 0.282 e. The van der Waals surface area contributed by atoms with Gasteiger partial charge in [-0.3, -0.25) is 14.5 Å². The van der Waals surface area contributed by atoms with Gasteiger partial charge in [0.2, 0.25) is 11.8 Å². The van der Waals surface area contributed by atoms with Gasteiger partial charge >= 0.3 is 0 Å². The molecule has 0 aromatic carbocycles. The first kappa shape index (κ1) is 21.3. The van der Waals surface area contributed by atoms with Gasteiger partial charge in [0.15, 0.2) is 4.33 Å². The Morgan fingerprint density at radius 3 is 1.81 bits per heavy atom. The fourth-order valence-corrected chi connectivity index (χ4v) is 7.34. The van der Waals surface area contributed by atoms with E-state index in [-0.39, 0.29) is 16.0 Å². The lowest BCUT2D eigenvalue weighted by Gasteiger charge is -2.35. The first-order chi connectivity index (χ1) is 12.0. The van der Waals surface area contributed by atoms with Gasteiger partial charge in [0.05, 0.1) is 21.9 Å².